The summed E-state index contributed by atoms with van der Waals surface area (Å²) in [6, 6.07) is 8.47. The van der Waals surface area contributed by atoms with Crippen molar-refractivity contribution in [1.29, 1.82) is 0 Å². The molecule has 0 bridgehead atoms. The van der Waals surface area contributed by atoms with Gasteiger partial charge in [-0.2, -0.15) is 0 Å². The van der Waals surface area contributed by atoms with Gasteiger partial charge in [-0.25, -0.2) is 4.79 Å². The SMILES string of the molecule is Cc1cc(N)ccc1-c1ccc(C(=O)O)o1. The predicted molar refractivity (Wildman–Crippen MR) is 60.3 cm³/mol. The maximum Gasteiger partial charge on any atom is 0.371 e. The topological polar surface area (TPSA) is 76.5 Å². The Morgan fingerprint density at radius 1 is 1.31 bits per heavy atom. The number of anilines is 1. The maximum atomic E-state index is 10.7. The summed E-state index contributed by atoms with van der Waals surface area (Å²) in [4.78, 5) is 10.7. The van der Waals surface area contributed by atoms with Crippen molar-refractivity contribution in [1.82, 2.24) is 0 Å². The number of carboxylic acid groups (broad SMARTS) is 1. The molecule has 4 heteroatoms. The summed E-state index contributed by atoms with van der Waals surface area (Å²) in [5, 5.41) is 8.74. The molecular weight excluding hydrogens is 206 g/mol. The van der Waals surface area contributed by atoms with Crippen LogP contribution in [-0.2, 0) is 0 Å². The van der Waals surface area contributed by atoms with Gasteiger partial charge in [-0.1, -0.05) is 0 Å². The fraction of sp³-hybridized carbons (Fsp3) is 0.0833. The molecule has 2 rings (SSSR count). The van der Waals surface area contributed by atoms with Crippen molar-refractivity contribution < 1.29 is 14.3 Å². The molecule has 0 saturated heterocycles. The monoisotopic (exact) mass is 217 g/mol. The standard InChI is InChI=1S/C12H11NO3/c1-7-6-8(13)2-3-9(7)10-4-5-11(16-10)12(14)15/h2-6H,13H2,1H3,(H,14,15). The van der Waals surface area contributed by atoms with Gasteiger partial charge in [0, 0.05) is 11.3 Å². The van der Waals surface area contributed by atoms with Crippen LogP contribution in [0.1, 0.15) is 16.1 Å². The summed E-state index contributed by atoms with van der Waals surface area (Å²) in [5.41, 5.74) is 8.11. The fourth-order valence-corrected chi connectivity index (χ4v) is 1.56. The number of rotatable bonds is 2. The van der Waals surface area contributed by atoms with Crippen molar-refractivity contribution in [2.45, 2.75) is 6.92 Å². The Bertz CT molecular complexity index is 543. The molecule has 82 valence electrons. The number of hydrogen-bond acceptors (Lipinski definition) is 3. The molecule has 1 aromatic carbocycles. The van der Waals surface area contributed by atoms with Gasteiger partial charge in [0.15, 0.2) is 0 Å². The molecule has 0 amide bonds. The average Bonchev–Trinajstić information content (AvgIpc) is 2.66. The summed E-state index contributed by atoms with van der Waals surface area (Å²) in [6.45, 7) is 1.90. The van der Waals surface area contributed by atoms with E-state index in [1.54, 1.807) is 12.1 Å². The minimum Gasteiger partial charge on any atom is -0.475 e. The molecule has 1 aromatic heterocycles. The van der Waals surface area contributed by atoms with E-state index in [4.69, 9.17) is 15.3 Å². The van der Waals surface area contributed by atoms with Gasteiger partial charge in [-0.05, 0) is 42.8 Å². The number of nitrogens with two attached hydrogens (primary N) is 1. The summed E-state index contributed by atoms with van der Waals surface area (Å²) in [5.74, 6) is -0.597. The van der Waals surface area contributed by atoms with Gasteiger partial charge in [0.05, 0.1) is 0 Å². The number of furan rings is 1. The first-order valence-electron chi connectivity index (χ1n) is 4.77. The van der Waals surface area contributed by atoms with Gasteiger partial charge in [0.2, 0.25) is 5.76 Å². The summed E-state index contributed by atoms with van der Waals surface area (Å²) >= 11 is 0. The zero-order valence-corrected chi connectivity index (χ0v) is 8.73. The zero-order valence-electron chi connectivity index (χ0n) is 8.73. The predicted octanol–water partition coefficient (Wildman–Crippen LogP) is 2.54. The third kappa shape index (κ3) is 1.77. The summed E-state index contributed by atoms with van der Waals surface area (Å²) < 4.78 is 5.21. The first-order chi connectivity index (χ1) is 7.58. The van der Waals surface area contributed by atoms with E-state index in [0.717, 1.165) is 11.1 Å². The second-order valence-corrected chi connectivity index (χ2v) is 3.54. The first kappa shape index (κ1) is 10.3. The Kier molecular flexibility index (Phi) is 2.40. The normalized spacial score (nSPS) is 10.3. The average molecular weight is 217 g/mol. The summed E-state index contributed by atoms with van der Waals surface area (Å²) in [6.07, 6.45) is 0. The van der Waals surface area contributed by atoms with E-state index < -0.39 is 5.97 Å². The number of nitrogen functional groups attached to an aromatic ring is 1. The molecule has 0 aliphatic heterocycles. The minimum atomic E-state index is -1.07. The number of aromatic carboxylic acids is 1. The largest absolute Gasteiger partial charge is 0.475 e. The Hall–Kier alpha value is -2.23. The third-order valence-electron chi connectivity index (χ3n) is 2.33. The van der Waals surface area contributed by atoms with Crippen molar-refractivity contribution in [2.24, 2.45) is 0 Å². The van der Waals surface area contributed by atoms with Crippen LogP contribution in [0.5, 0.6) is 0 Å². The van der Waals surface area contributed by atoms with Crippen LogP contribution in [0.15, 0.2) is 34.7 Å². The molecule has 16 heavy (non-hydrogen) atoms. The lowest BCUT2D eigenvalue weighted by atomic mass is 10.1. The van der Waals surface area contributed by atoms with Crippen molar-refractivity contribution >= 4 is 11.7 Å². The zero-order chi connectivity index (χ0) is 11.7. The number of benzene rings is 1. The van der Waals surface area contributed by atoms with E-state index in [1.807, 2.05) is 19.1 Å². The Labute approximate surface area is 92.3 Å². The number of carbonyl (C=O) groups is 1. The van der Waals surface area contributed by atoms with E-state index in [9.17, 15) is 4.79 Å². The molecule has 3 N–H and O–H groups in total. The van der Waals surface area contributed by atoms with Crippen LogP contribution < -0.4 is 5.73 Å². The maximum absolute atomic E-state index is 10.7. The van der Waals surface area contributed by atoms with Crippen LogP contribution in [0.25, 0.3) is 11.3 Å². The van der Waals surface area contributed by atoms with Crippen LogP contribution in [0.3, 0.4) is 0 Å². The van der Waals surface area contributed by atoms with Crippen molar-refractivity contribution in [2.75, 3.05) is 5.73 Å². The highest BCUT2D eigenvalue weighted by Gasteiger charge is 2.11. The van der Waals surface area contributed by atoms with Gasteiger partial charge in [-0.3, -0.25) is 0 Å². The van der Waals surface area contributed by atoms with Gasteiger partial charge in [-0.15, -0.1) is 0 Å². The van der Waals surface area contributed by atoms with E-state index in [2.05, 4.69) is 0 Å². The van der Waals surface area contributed by atoms with Gasteiger partial charge < -0.3 is 15.3 Å². The van der Waals surface area contributed by atoms with Crippen LogP contribution in [-0.4, -0.2) is 11.1 Å². The van der Waals surface area contributed by atoms with Crippen LogP contribution in [0.4, 0.5) is 5.69 Å². The molecule has 2 aromatic rings. The second-order valence-electron chi connectivity index (χ2n) is 3.54. The molecule has 0 spiro atoms. The molecule has 0 aliphatic rings. The van der Waals surface area contributed by atoms with Crippen LogP contribution >= 0.6 is 0 Å². The highest BCUT2D eigenvalue weighted by Crippen LogP contribution is 2.26. The lowest BCUT2D eigenvalue weighted by molar-refractivity contribution is 0.0663. The molecule has 0 radical (unpaired) electrons. The van der Waals surface area contributed by atoms with Gasteiger partial charge >= 0.3 is 5.97 Å². The first-order valence-corrected chi connectivity index (χ1v) is 4.77. The molecule has 0 unspecified atom stereocenters. The van der Waals surface area contributed by atoms with Crippen molar-refractivity contribution in [3.63, 3.8) is 0 Å². The quantitative estimate of drug-likeness (QED) is 0.758. The van der Waals surface area contributed by atoms with Crippen LogP contribution in [0, 0.1) is 6.92 Å². The summed E-state index contributed by atoms with van der Waals surface area (Å²) in [7, 11) is 0. The molecule has 0 saturated carbocycles. The van der Waals surface area contributed by atoms with Crippen molar-refractivity contribution in [3.8, 4) is 11.3 Å². The Morgan fingerprint density at radius 2 is 2.06 bits per heavy atom. The number of hydrogen-bond donors (Lipinski definition) is 2. The molecular formula is C12H11NO3. The Balaban J connectivity index is 2.46. The lowest BCUT2D eigenvalue weighted by Crippen LogP contribution is -1.92. The molecule has 1 heterocycles. The van der Waals surface area contributed by atoms with Gasteiger partial charge in [0.25, 0.3) is 0 Å². The van der Waals surface area contributed by atoms with E-state index in [1.165, 1.54) is 6.07 Å². The fourth-order valence-electron chi connectivity index (χ4n) is 1.56. The number of aryl methyl sites for hydroxylation is 1. The van der Waals surface area contributed by atoms with Crippen LogP contribution in [0.2, 0.25) is 0 Å². The van der Waals surface area contributed by atoms with E-state index in [-0.39, 0.29) is 5.76 Å². The highest BCUT2D eigenvalue weighted by atomic mass is 16.4. The number of carboxylic acids is 1. The lowest BCUT2D eigenvalue weighted by Gasteiger charge is -2.03. The Morgan fingerprint density at radius 3 is 2.62 bits per heavy atom. The molecule has 0 fully saturated rings. The van der Waals surface area contributed by atoms with E-state index in [0.29, 0.717) is 11.4 Å². The molecule has 0 atom stereocenters. The molecule has 0 aliphatic carbocycles. The highest BCUT2D eigenvalue weighted by molar-refractivity contribution is 5.85. The molecule has 4 nitrogen and oxygen atoms in total. The van der Waals surface area contributed by atoms with E-state index >= 15 is 0 Å². The minimum absolute atomic E-state index is 0.0637. The smallest absolute Gasteiger partial charge is 0.371 e. The van der Waals surface area contributed by atoms with Gasteiger partial charge in [0.1, 0.15) is 5.76 Å². The second kappa shape index (κ2) is 3.73. The third-order valence-corrected chi connectivity index (χ3v) is 2.33. The van der Waals surface area contributed by atoms with Crippen molar-refractivity contribution in [3.05, 3.63) is 41.7 Å².